The molecular formula is C19H29N3O4. The van der Waals surface area contributed by atoms with Gasteiger partial charge in [-0.2, -0.15) is 0 Å². The van der Waals surface area contributed by atoms with E-state index in [0.29, 0.717) is 13.2 Å². The molecule has 0 spiro atoms. The van der Waals surface area contributed by atoms with E-state index in [0.717, 1.165) is 70.3 Å². The highest BCUT2D eigenvalue weighted by Crippen LogP contribution is 2.32. The Kier molecular flexibility index (Phi) is 7.11. The van der Waals surface area contributed by atoms with Gasteiger partial charge in [-0.15, -0.1) is 0 Å². The average Bonchev–Trinajstić information content (AvgIpc) is 3.13. The Bertz CT molecular complexity index is 588. The summed E-state index contributed by atoms with van der Waals surface area (Å²) in [5.74, 6) is 1.89. The predicted octanol–water partition coefficient (Wildman–Crippen LogP) is 1.08. The summed E-state index contributed by atoms with van der Waals surface area (Å²) in [4.78, 5) is 16.7. The summed E-state index contributed by atoms with van der Waals surface area (Å²) in [7, 11) is 1.70. The molecule has 1 amide bonds. The molecule has 1 aromatic rings. The SMILES string of the molecule is COCCCNCCC(=O)N1CCN(Cc2ccc3c(c2)OCO3)CC1. The summed E-state index contributed by atoms with van der Waals surface area (Å²) in [5.41, 5.74) is 1.22. The van der Waals surface area contributed by atoms with Crippen molar-refractivity contribution in [2.24, 2.45) is 0 Å². The molecule has 3 rings (SSSR count). The Morgan fingerprint density at radius 2 is 1.96 bits per heavy atom. The fraction of sp³-hybridized carbons (Fsp3) is 0.632. The number of carbonyl (C=O) groups excluding carboxylic acids is 1. The lowest BCUT2D eigenvalue weighted by Crippen LogP contribution is -2.48. The van der Waals surface area contributed by atoms with Crippen LogP contribution in [0.25, 0.3) is 0 Å². The molecule has 1 N–H and O–H groups in total. The number of nitrogens with one attached hydrogen (secondary N) is 1. The van der Waals surface area contributed by atoms with Crippen molar-refractivity contribution in [1.29, 1.82) is 0 Å². The first-order valence-electron chi connectivity index (χ1n) is 9.34. The number of piperazine rings is 1. The van der Waals surface area contributed by atoms with Gasteiger partial charge >= 0.3 is 0 Å². The predicted molar refractivity (Wildman–Crippen MR) is 98.4 cm³/mol. The third kappa shape index (κ3) is 5.33. The summed E-state index contributed by atoms with van der Waals surface area (Å²) in [6.07, 6.45) is 1.54. The molecule has 7 nitrogen and oxygen atoms in total. The zero-order chi connectivity index (χ0) is 18.2. The van der Waals surface area contributed by atoms with Crippen LogP contribution in [0, 0.1) is 0 Å². The quantitative estimate of drug-likeness (QED) is 0.663. The maximum atomic E-state index is 12.3. The molecule has 0 saturated carbocycles. The Morgan fingerprint density at radius 1 is 1.15 bits per heavy atom. The molecule has 0 aromatic heterocycles. The van der Waals surface area contributed by atoms with Crippen LogP contribution in [0.2, 0.25) is 0 Å². The second kappa shape index (κ2) is 9.75. The van der Waals surface area contributed by atoms with Gasteiger partial charge in [-0.25, -0.2) is 0 Å². The monoisotopic (exact) mass is 363 g/mol. The second-order valence-electron chi connectivity index (χ2n) is 6.69. The lowest BCUT2D eigenvalue weighted by atomic mass is 10.1. The smallest absolute Gasteiger partial charge is 0.231 e. The van der Waals surface area contributed by atoms with Crippen LogP contribution in [0.5, 0.6) is 11.5 Å². The first-order valence-corrected chi connectivity index (χ1v) is 9.34. The fourth-order valence-electron chi connectivity index (χ4n) is 3.27. The molecule has 144 valence electrons. The van der Waals surface area contributed by atoms with Crippen LogP contribution in [0.4, 0.5) is 0 Å². The number of ether oxygens (including phenoxy) is 3. The number of methoxy groups -OCH3 is 1. The molecule has 2 heterocycles. The third-order valence-corrected chi connectivity index (χ3v) is 4.79. The van der Waals surface area contributed by atoms with Gasteiger partial charge in [0.1, 0.15) is 0 Å². The maximum absolute atomic E-state index is 12.3. The minimum Gasteiger partial charge on any atom is -0.454 e. The molecular weight excluding hydrogens is 334 g/mol. The summed E-state index contributed by atoms with van der Waals surface area (Å²) in [6, 6.07) is 6.10. The lowest BCUT2D eigenvalue weighted by molar-refractivity contribution is -0.132. The minimum atomic E-state index is 0.243. The number of carbonyl (C=O) groups is 1. The van der Waals surface area contributed by atoms with Crippen molar-refractivity contribution >= 4 is 5.91 Å². The summed E-state index contributed by atoms with van der Waals surface area (Å²) in [6.45, 7) is 6.97. The van der Waals surface area contributed by atoms with Crippen LogP contribution in [0.3, 0.4) is 0 Å². The van der Waals surface area contributed by atoms with Gasteiger partial charge in [0.05, 0.1) is 0 Å². The van der Waals surface area contributed by atoms with Gasteiger partial charge in [-0.1, -0.05) is 6.07 Å². The number of fused-ring (bicyclic) bond motifs is 1. The van der Waals surface area contributed by atoms with E-state index >= 15 is 0 Å². The first-order chi connectivity index (χ1) is 12.8. The topological polar surface area (TPSA) is 63.3 Å². The molecule has 0 unspecified atom stereocenters. The Hall–Kier alpha value is -1.83. The van der Waals surface area contributed by atoms with E-state index in [1.165, 1.54) is 5.56 Å². The van der Waals surface area contributed by atoms with Gasteiger partial charge in [0.25, 0.3) is 0 Å². The molecule has 1 fully saturated rings. The van der Waals surface area contributed by atoms with Crippen molar-refractivity contribution in [3.05, 3.63) is 23.8 Å². The third-order valence-electron chi connectivity index (χ3n) is 4.79. The zero-order valence-corrected chi connectivity index (χ0v) is 15.5. The molecule has 1 aromatic carbocycles. The highest BCUT2D eigenvalue weighted by molar-refractivity contribution is 5.76. The van der Waals surface area contributed by atoms with Crippen LogP contribution in [-0.4, -0.2) is 75.5 Å². The van der Waals surface area contributed by atoms with Gasteiger partial charge in [-0.3, -0.25) is 9.69 Å². The fourth-order valence-corrected chi connectivity index (χ4v) is 3.27. The van der Waals surface area contributed by atoms with Gasteiger partial charge in [0.2, 0.25) is 12.7 Å². The molecule has 1 saturated heterocycles. The zero-order valence-electron chi connectivity index (χ0n) is 15.5. The summed E-state index contributed by atoms with van der Waals surface area (Å²) in [5, 5.41) is 3.29. The van der Waals surface area contributed by atoms with E-state index in [2.05, 4.69) is 22.3 Å². The van der Waals surface area contributed by atoms with Gasteiger partial charge in [0.15, 0.2) is 11.5 Å². The van der Waals surface area contributed by atoms with Crippen LogP contribution >= 0.6 is 0 Å². The standard InChI is InChI=1S/C19H29N3O4/c1-24-12-2-6-20-7-5-19(23)22-10-8-21(9-11-22)14-16-3-4-17-18(13-16)26-15-25-17/h3-4,13,20H,2,5-12,14-15H2,1H3. The molecule has 0 radical (unpaired) electrons. The van der Waals surface area contributed by atoms with E-state index < -0.39 is 0 Å². The van der Waals surface area contributed by atoms with Gasteiger partial charge in [-0.05, 0) is 30.7 Å². The maximum Gasteiger partial charge on any atom is 0.231 e. The Morgan fingerprint density at radius 3 is 2.77 bits per heavy atom. The van der Waals surface area contributed by atoms with Crippen molar-refractivity contribution in [2.45, 2.75) is 19.4 Å². The van der Waals surface area contributed by atoms with Crippen LogP contribution in [0.15, 0.2) is 18.2 Å². The summed E-state index contributed by atoms with van der Waals surface area (Å²) >= 11 is 0. The molecule has 0 aliphatic carbocycles. The van der Waals surface area contributed by atoms with Crippen molar-refractivity contribution in [3.8, 4) is 11.5 Å². The molecule has 0 atom stereocenters. The van der Waals surface area contributed by atoms with Gasteiger partial charge < -0.3 is 24.4 Å². The van der Waals surface area contributed by atoms with E-state index in [4.69, 9.17) is 14.2 Å². The van der Waals surface area contributed by atoms with Crippen LogP contribution in [-0.2, 0) is 16.1 Å². The van der Waals surface area contributed by atoms with E-state index in [1.807, 2.05) is 11.0 Å². The average molecular weight is 363 g/mol. The van der Waals surface area contributed by atoms with Crippen LogP contribution in [0.1, 0.15) is 18.4 Å². The number of amides is 1. The van der Waals surface area contributed by atoms with Crippen molar-refractivity contribution in [1.82, 2.24) is 15.1 Å². The minimum absolute atomic E-state index is 0.243. The van der Waals surface area contributed by atoms with Gasteiger partial charge in [0, 0.05) is 59.4 Å². The normalized spacial score (nSPS) is 16.9. The molecule has 7 heteroatoms. The Balaban J connectivity index is 1.34. The van der Waals surface area contributed by atoms with Crippen molar-refractivity contribution in [3.63, 3.8) is 0 Å². The molecule has 2 aliphatic heterocycles. The highest BCUT2D eigenvalue weighted by Gasteiger charge is 2.21. The number of rotatable bonds is 9. The van der Waals surface area contributed by atoms with E-state index in [1.54, 1.807) is 7.11 Å². The first kappa shape index (κ1) is 18.9. The molecule has 2 aliphatic rings. The molecule has 26 heavy (non-hydrogen) atoms. The second-order valence-corrected chi connectivity index (χ2v) is 6.69. The number of hydrogen-bond acceptors (Lipinski definition) is 6. The number of nitrogens with zero attached hydrogens (tertiary/aromatic N) is 2. The summed E-state index contributed by atoms with van der Waals surface area (Å²) < 4.78 is 15.8. The number of hydrogen-bond donors (Lipinski definition) is 1. The Labute approximate surface area is 155 Å². The highest BCUT2D eigenvalue weighted by atomic mass is 16.7. The van der Waals surface area contributed by atoms with Crippen molar-refractivity contribution in [2.75, 3.05) is 59.8 Å². The van der Waals surface area contributed by atoms with Crippen molar-refractivity contribution < 1.29 is 19.0 Å². The van der Waals surface area contributed by atoms with E-state index in [-0.39, 0.29) is 5.91 Å². The van der Waals surface area contributed by atoms with Crippen LogP contribution < -0.4 is 14.8 Å². The number of benzene rings is 1. The molecule has 0 bridgehead atoms. The largest absolute Gasteiger partial charge is 0.454 e. The van der Waals surface area contributed by atoms with E-state index in [9.17, 15) is 4.79 Å². The lowest BCUT2D eigenvalue weighted by Gasteiger charge is -2.34.